The van der Waals surface area contributed by atoms with Crippen molar-refractivity contribution in [3.8, 4) is 0 Å². The fourth-order valence-corrected chi connectivity index (χ4v) is 4.98. The highest BCUT2D eigenvalue weighted by Gasteiger charge is 2.44. The molecule has 76 valence electrons. The number of hydrogen-bond acceptors (Lipinski definition) is 2. The van der Waals surface area contributed by atoms with Gasteiger partial charge in [-0.05, 0) is 46.5 Å². The normalized spacial score (nSPS) is 24.5. The number of hydrogen-bond donors (Lipinski definition) is 0. The Kier molecular flexibility index (Phi) is 1.99. The predicted molar refractivity (Wildman–Crippen MR) is 56.4 cm³/mol. The van der Waals surface area contributed by atoms with Gasteiger partial charge in [-0.15, -0.1) is 0 Å². The maximum Gasteiger partial charge on any atom is 0.0618 e. The molecule has 2 saturated carbocycles. The van der Waals surface area contributed by atoms with Gasteiger partial charge in [-0.2, -0.15) is 0 Å². The van der Waals surface area contributed by atoms with E-state index in [0.717, 1.165) is 25.7 Å². The second-order valence-corrected chi connectivity index (χ2v) is 8.02. The van der Waals surface area contributed by atoms with Crippen molar-refractivity contribution in [3.05, 3.63) is 0 Å². The van der Waals surface area contributed by atoms with Crippen LogP contribution in [0, 0.1) is 0 Å². The number of rotatable bonds is 2. The van der Waals surface area contributed by atoms with E-state index < -0.39 is 9.73 Å². The van der Waals surface area contributed by atoms with Gasteiger partial charge >= 0.3 is 0 Å². The summed E-state index contributed by atoms with van der Waals surface area (Å²) in [7, 11) is -1.83. The van der Waals surface area contributed by atoms with Crippen LogP contribution in [0.4, 0.5) is 0 Å². The van der Waals surface area contributed by atoms with E-state index in [1.807, 2.05) is 0 Å². The third kappa shape index (κ3) is 2.06. The fourth-order valence-electron chi connectivity index (χ4n) is 1.66. The Morgan fingerprint density at radius 2 is 1.46 bits per heavy atom. The quantitative estimate of drug-likeness (QED) is 0.675. The van der Waals surface area contributed by atoms with Crippen LogP contribution < -0.4 is 0 Å². The van der Waals surface area contributed by atoms with Crippen molar-refractivity contribution in [2.45, 2.75) is 62.5 Å². The highest BCUT2D eigenvalue weighted by molar-refractivity contribution is 7.95. The fraction of sp³-hybridized carbons (Fsp3) is 1.00. The van der Waals surface area contributed by atoms with Crippen LogP contribution in [0.1, 0.15) is 46.5 Å². The monoisotopic (exact) mass is 201 g/mol. The molecule has 13 heavy (non-hydrogen) atoms. The van der Waals surface area contributed by atoms with Crippen molar-refractivity contribution in [1.82, 2.24) is 0 Å². The van der Waals surface area contributed by atoms with Crippen molar-refractivity contribution in [1.29, 1.82) is 0 Å². The summed E-state index contributed by atoms with van der Waals surface area (Å²) in [6.07, 6.45) is 4.59. The average molecular weight is 201 g/mol. The molecular weight excluding hydrogens is 182 g/mol. The zero-order valence-electron chi connectivity index (χ0n) is 8.75. The van der Waals surface area contributed by atoms with Gasteiger partial charge in [-0.25, -0.2) is 8.57 Å². The summed E-state index contributed by atoms with van der Waals surface area (Å²) >= 11 is 0. The largest absolute Gasteiger partial charge is 0.249 e. The van der Waals surface area contributed by atoms with E-state index in [9.17, 15) is 4.21 Å². The zero-order valence-corrected chi connectivity index (χ0v) is 9.56. The molecule has 0 bridgehead atoms. The Labute approximate surface area is 81.3 Å². The van der Waals surface area contributed by atoms with Gasteiger partial charge in [0.25, 0.3) is 0 Å². The standard InChI is InChI=1S/C10H19NOS/c1-10(2,3)11-13(12,8-4-5-8)9-6-7-9/h8-9H,4-7H2,1-3H3. The van der Waals surface area contributed by atoms with Crippen molar-refractivity contribution in [2.24, 2.45) is 4.36 Å². The van der Waals surface area contributed by atoms with Crippen molar-refractivity contribution >= 4 is 9.73 Å². The van der Waals surface area contributed by atoms with E-state index in [2.05, 4.69) is 25.1 Å². The van der Waals surface area contributed by atoms with Gasteiger partial charge in [0, 0.05) is 10.5 Å². The lowest BCUT2D eigenvalue weighted by atomic mass is 10.1. The van der Waals surface area contributed by atoms with Gasteiger partial charge in [0.2, 0.25) is 0 Å². The average Bonchev–Trinajstić information content (AvgIpc) is 2.80. The highest BCUT2D eigenvalue weighted by Crippen LogP contribution is 2.42. The maximum atomic E-state index is 12.6. The highest BCUT2D eigenvalue weighted by atomic mass is 32.2. The first-order valence-corrected chi connectivity index (χ1v) is 6.82. The topological polar surface area (TPSA) is 29.4 Å². The van der Waals surface area contributed by atoms with Crippen LogP contribution in [0.3, 0.4) is 0 Å². The minimum absolute atomic E-state index is 0.123. The second kappa shape index (κ2) is 2.72. The van der Waals surface area contributed by atoms with Crippen LogP contribution in [0.25, 0.3) is 0 Å². The van der Waals surface area contributed by atoms with Crippen LogP contribution in [-0.4, -0.2) is 20.2 Å². The third-order valence-corrected chi connectivity index (χ3v) is 6.11. The molecule has 0 aromatic carbocycles. The molecule has 0 amide bonds. The lowest BCUT2D eigenvalue weighted by molar-refractivity contribution is 0.579. The van der Waals surface area contributed by atoms with Crippen molar-refractivity contribution in [2.75, 3.05) is 0 Å². The Balaban J connectivity index is 2.32. The van der Waals surface area contributed by atoms with E-state index in [-0.39, 0.29) is 5.54 Å². The minimum atomic E-state index is -1.83. The van der Waals surface area contributed by atoms with Crippen LogP contribution in [0.15, 0.2) is 4.36 Å². The Bertz CT molecular complexity index is 294. The van der Waals surface area contributed by atoms with E-state index in [4.69, 9.17) is 0 Å². The molecule has 2 rings (SSSR count). The van der Waals surface area contributed by atoms with Crippen LogP contribution in [0.5, 0.6) is 0 Å². The van der Waals surface area contributed by atoms with E-state index in [0.29, 0.717) is 10.5 Å². The molecule has 2 aliphatic carbocycles. The molecule has 0 aromatic rings. The Morgan fingerprint density at radius 1 is 1.08 bits per heavy atom. The second-order valence-electron chi connectivity index (χ2n) is 5.27. The SMILES string of the molecule is CC(C)(C)N=S(=O)(C1CC1)C1CC1. The molecule has 0 radical (unpaired) electrons. The van der Waals surface area contributed by atoms with E-state index >= 15 is 0 Å². The third-order valence-electron chi connectivity index (χ3n) is 2.42. The zero-order chi connectivity index (χ0) is 9.69. The van der Waals surface area contributed by atoms with Crippen LogP contribution >= 0.6 is 0 Å². The van der Waals surface area contributed by atoms with Gasteiger partial charge in [0.05, 0.1) is 15.3 Å². The molecule has 0 aliphatic heterocycles. The molecule has 0 atom stereocenters. The molecule has 2 aliphatic rings. The van der Waals surface area contributed by atoms with Gasteiger partial charge < -0.3 is 0 Å². The molecule has 2 fully saturated rings. The summed E-state index contributed by atoms with van der Waals surface area (Å²) in [4.78, 5) is 0. The lowest BCUT2D eigenvalue weighted by Crippen LogP contribution is -2.20. The van der Waals surface area contributed by atoms with Crippen LogP contribution in [0.2, 0.25) is 0 Å². The maximum absolute atomic E-state index is 12.6. The molecular formula is C10H19NOS. The summed E-state index contributed by atoms with van der Waals surface area (Å²) in [5.41, 5.74) is -0.123. The number of nitrogens with zero attached hydrogens (tertiary/aromatic N) is 1. The molecule has 0 aromatic heterocycles. The molecule has 0 saturated heterocycles. The molecule has 2 nitrogen and oxygen atoms in total. The lowest BCUT2D eigenvalue weighted by Gasteiger charge is -2.17. The molecule has 3 heteroatoms. The first kappa shape index (κ1) is 9.50. The molecule has 0 spiro atoms. The Morgan fingerprint density at radius 3 is 1.69 bits per heavy atom. The van der Waals surface area contributed by atoms with E-state index in [1.165, 1.54) is 0 Å². The smallest absolute Gasteiger partial charge is 0.0618 e. The van der Waals surface area contributed by atoms with Gasteiger partial charge in [-0.3, -0.25) is 0 Å². The summed E-state index contributed by atoms with van der Waals surface area (Å²) in [6.45, 7) is 6.16. The van der Waals surface area contributed by atoms with Gasteiger partial charge in [-0.1, -0.05) is 0 Å². The van der Waals surface area contributed by atoms with Crippen molar-refractivity contribution in [3.63, 3.8) is 0 Å². The molecule has 0 N–H and O–H groups in total. The minimum Gasteiger partial charge on any atom is -0.249 e. The summed E-state index contributed by atoms with van der Waals surface area (Å²) in [5, 5.41) is 0.887. The first-order valence-electron chi connectivity index (χ1n) is 5.18. The summed E-state index contributed by atoms with van der Waals surface area (Å²) in [5.74, 6) is 0. The molecule has 0 heterocycles. The van der Waals surface area contributed by atoms with Gasteiger partial charge in [0.15, 0.2) is 0 Å². The van der Waals surface area contributed by atoms with E-state index in [1.54, 1.807) is 0 Å². The summed E-state index contributed by atoms with van der Waals surface area (Å²) in [6, 6.07) is 0. The molecule has 0 unspecified atom stereocenters. The summed E-state index contributed by atoms with van der Waals surface area (Å²) < 4.78 is 17.2. The van der Waals surface area contributed by atoms with Crippen molar-refractivity contribution < 1.29 is 4.21 Å². The van der Waals surface area contributed by atoms with Gasteiger partial charge in [0.1, 0.15) is 0 Å². The first-order chi connectivity index (χ1) is 5.92. The predicted octanol–water partition coefficient (Wildman–Crippen LogP) is 2.58. The van der Waals surface area contributed by atoms with Crippen LogP contribution in [-0.2, 0) is 9.73 Å². The Hall–Kier alpha value is -0.0500.